The predicted octanol–water partition coefficient (Wildman–Crippen LogP) is 3.44. The molecule has 2 aliphatic rings. The van der Waals surface area contributed by atoms with Gasteiger partial charge in [-0.15, -0.1) is 0 Å². The molecule has 122 valence electrons. The Morgan fingerprint density at radius 3 is 2.83 bits per heavy atom. The molecule has 3 heterocycles. The third kappa shape index (κ3) is 2.65. The zero-order valence-corrected chi connectivity index (χ0v) is 13.9. The number of likely N-dealkylation sites (tertiary alicyclic amines) is 2. The van der Waals surface area contributed by atoms with Crippen LogP contribution in [-0.2, 0) is 0 Å². The van der Waals surface area contributed by atoms with Crippen molar-refractivity contribution in [2.24, 2.45) is 0 Å². The second-order valence-corrected chi connectivity index (χ2v) is 7.06. The third-order valence-corrected chi connectivity index (χ3v) is 5.36. The van der Waals surface area contributed by atoms with Crippen molar-refractivity contribution in [2.75, 3.05) is 19.6 Å². The highest BCUT2D eigenvalue weighted by molar-refractivity contribution is 5.98. The summed E-state index contributed by atoms with van der Waals surface area (Å²) in [5.41, 5.74) is 1.62. The molecule has 0 unspecified atom stereocenters. The molecule has 0 N–H and O–H groups in total. The van der Waals surface area contributed by atoms with Gasteiger partial charge in [0, 0.05) is 36.1 Å². The van der Waals surface area contributed by atoms with Crippen LogP contribution in [0.2, 0.25) is 0 Å². The molecule has 2 aliphatic heterocycles. The van der Waals surface area contributed by atoms with Crippen molar-refractivity contribution in [3.63, 3.8) is 0 Å². The highest BCUT2D eigenvalue weighted by Gasteiger charge is 2.37. The Balaban J connectivity index is 1.43. The molecule has 4 heteroatoms. The van der Waals surface area contributed by atoms with Gasteiger partial charge in [0.15, 0.2) is 0 Å². The monoisotopic (exact) mass is 312 g/mol. The molecule has 1 aromatic heterocycles. The van der Waals surface area contributed by atoms with Crippen molar-refractivity contribution in [1.82, 2.24) is 9.80 Å². The molecule has 0 spiro atoms. The van der Waals surface area contributed by atoms with Crippen LogP contribution < -0.4 is 0 Å². The molecule has 4 nitrogen and oxygen atoms in total. The molecule has 2 saturated heterocycles. The Hall–Kier alpha value is -1.81. The van der Waals surface area contributed by atoms with E-state index < -0.39 is 0 Å². The normalized spacial score (nSPS) is 23.2. The number of carbonyl (C=O) groups is 1. The van der Waals surface area contributed by atoms with Crippen molar-refractivity contribution in [3.05, 3.63) is 35.6 Å². The topological polar surface area (TPSA) is 36.7 Å². The summed E-state index contributed by atoms with van der Waals surface area (Å²) in [5.74, 6) is 1.03. The highest BCUT2D eigenvalue weighted by atomic mass is 16.3. The SMILES string of the molecule is Cc1cc2cc(C(=O)N3CC(N4CCCC[C@@H]4C)C3)ccc2o1. The zero-order valence-electron chi connectivity index (χ0n) is 13.9. The number of nitrogens with zero attached hydrogens (tertiary/aromatic N) is 2. The van der Waals surface area contributed by atoms with E-state index in [4.69, 9.17) is 4.42 Å². The van der Waals surface area contributed by atoms with E-state index in [1.54, 1.807) is 0 Å². The van der Waals surface area contributed by atoms with E-state index in [0.717, 1.165) is 35.4 Å². The number of furan rings is 1. The quantitative estimate of drug-likeness (QED) is 0.852. The number of hydrogen-bond acceptors (Lipinski definition) is 3. The first-order valence-electron chi connectivity index (χ1n) is 8.67. The average Bonchev–Trinajstić information content (AvgIpc) is 2.86. The first kappa shape index (κ1) is 14.8. The van der Waals surface area contributed by atoms with Gasteiger partial charge in [-0.1, -0.05) is 6.42 Å². The van der Waals surface area contributed by atoms with E-state index in [2.05, 4.69) is 11.8 Å². The van der Waals surface area contributed by atoms with Crippen LogP contribution >= 0.6 is 0 Å². The lowest BCUT2D eigenvalue weighted by Gasteiger charge is -2.49. The molecule has 23 heavy (non-hydrogen) atoms. The van der Waals surface area contributed by atoms with Crippen LogP contribution in [-0.4, -0.2) is 47.4 Å². The number of hydrogen-bond donors (Lipinski definition) is 0. The van der Waals surface area contributed by atoms with Crippen molar-refractivity contribution in [1.29, 1.82) is 0 Å². The van der Waals surface area contributed by atoms with Crippen molar-refractivity contribution in [3.8, 4) is 0 Å². The standard InChI is InChI=1S/C19H24N2O2/c1-13-5-3-4-8-21(13)17-11-20(12-17)19(22)15-6-7-18-16(10-15)9-14(2)23-18/h6-7,9-10,13,17H,3-5,8,11-12H2,1-2H3/t13-/m0/s1. The number of rotatable bonds is 2. The second-order valence-electron chi connectivity index (χ2n) is 7.06. The summed E-state index contributed by atoms with van der Waals surface area (Å²) in [4.78, 5) is 17.2. The van der Waals surface area contributed by atoms with Crippen LogP contribution in [0.4, 0.5) is 0 Å². The van der Waals surface area contributed by atoms with Gasteiger partial charge in [0.25, 0.3) is 5.91 Å². The van der Waals surface area contributed by atoms with Crippen LogP contribution in [0.3, 0.4) is 0 Å². The smallest absolute Gasteiger partial charge is 0.253 e. The first-order valence-corrected chi connectivity index (χ1v) is 8.67. The fourth-order valence-electron chi connectivity index (χ4n) is 3.99. The molecule has 0 bridgehead atoms. The molecule has 0 radical (unpaired) electrons. The predicted molar refractivity (Wildman–Crippen MR) is 90.7 cm³/mol. The first-order chi connectivity index (χ1) is 11.1. The lowest BCUT2D eigenvalue weighted by molar-refractivity contribution is 0.00214. The van der Waals surface area contributed by atoms with E-state index in [1.807, 2.05) is 36.1 Å². The minimum Gasteiger partial charge on any atom is -0.461 e. The molecular formula is C19H24N2O2. The maximum Gasteiger partial charge on any atom is 0.253 e. The minimum absolute atomic E-state index is 0.145. The van der Waals surface area contributed by atoms with E-state index in [1.165, 1.54) is 25.8 Å². The summed E-state index contributed by atoms with van der Waals surface area (Å²) < 4.78 is 5.58. The van der Waals surface area contributed by atoms with Gasteiger partial charge in [0.05, 0.1) is 0 Å². The fourth-order valence-corrected chi connectivity index (χ4v) is 3.99. The van der Waals surface area contributed by atoms with Gasteiger partial charge in [0.1, 0.15) is 11.3 Å². The van der Waals surface area contributed by atoms with Crippen molar-refractivity contribution in [2.45, 2.75) is 45.2 Å². The number of fused-ring (bicyclic) bond motifs is 1. The lowest BCUT2D eigenvalue weighted by atomic mass is 9.97. The number of carbonyl (C=O) groups excluding carboxylic acids is 1. The maximum atomic E-state index is 12.7. The summed E-state index contributed by atoms with van der Waals surface area (Å²) in [6, 6.07) is 8.93. The van der Waals surface area contributed by atoms with Crippen molar-refractivity contribution >= 4 is 16.9 Å². The summed E-state index contributed by atoms with van der Waals surface area (Å²) in [6.45, 7) is 7.17. The Morgan fingerprint density at radius 2 is 2.04 bits per heavy atom. The van der Waals surface area contributed by atoms with E-state index in [0.29, 0.717) is 12.1 Å². The lowest BCUT2D eigenvalue weighted by Crippen LogP contribution is -2.63. The van der Waals surface area contributed by atoms with Gasteiger partial charge in [-0.05, 0) is 57.5 Å². The van der Waals surface area contributed by atoms with Gasteiger partial charge in [0.2, 0.25) is 0 Å². The molecule has 1 aromatic carbocycles. The van der Waals surface area contributed by atoms with Crippen LogP contribution in [0.15, 0.2) is 28.7 Å². The van der Waals surface area contributed by atoms with Gasteiger partial charge >= 0.3 is 0 Å². The number of amides is 1. The summed E-state index contributed by atoms with van der Waals surface area (Å²) in [5, 5.41) is 1.01. The van der Waals surface area contributed by atoms with Gasteiger partial charge in [-0.2, -0.15) is 0 Å². The molecule has 0 aliphatic carbocycles. The zero-order chi connectivity index (χ0) is 16.0. The Kier molecular flexibility index (Phi) is 3.64. The summed E-state index contributed by atoms with van der Waals surface area (Å²) in [6.07, 6.45) is 3.93. The molecule has 0 saturated carbocycles. The van der Waals surface area contributed by atoms with Crippen LogP contribution in [0.5, 0.6) is 0 Å². The van der Waals surface area contributed by atoms with E-state index >= 15 is 0 Å². The maximum absolute atomic E-state index is 12.7. The van der Waals surface area contributed by atoms with E-state index in [9.17, 15) is 4.79 Å². The van der Waals surface area contributed by atoms with Gasteiger partial charge < -0.3 is 9.32 Å². The van der Waals surface area contributed by atoms with Crippen LogP contribution in [0, 0.1) is 6.92 Å². The second kappa shape index (κ2) is 5.68. The van der Waals surface area contributed by atoms with Gasteiger partial charge in [-0.3, -0.25) is 9.69 Å². The molecule has 2 aromatic rings. The summed E-state index contributed by atoms with van der Waals surface area (Å²) >= 11 is 0. The number of piperidine rings is 1. The number of benzene rings is 1. The largest absolute Gasteiger partial charge is 0.461 e. The van der Waals surface area contributed by atoms with E-state index in [-0.39, 0.29) is 5.91 Å². The van der Waals surface area contributed by atoms with Crippen molar-refractivity contribution < 1.29 is 9.21 Å². The number of aryl methyl sites for hydroxylation is 1. The molecule has 2 fully saturated rings. The Labute approximate surface area is 137 Å². The Morgan fingerprint density at radius 1 is 1.22 bits per heavy atom. The average molecular weight is 312 g/mol. The Bertz CT molecular complexity index is 730. The fraction of sp³-hybridized carbons (Fsp3) is 0.526. The summed E-state index contributed by atoms with van der Waals surface area (Å²) in [7, 11) is 0. The highest BCUT2D eigenvalue weighted by Crippen LogP contribution is 2.26. The van der Waals surface area contributed by atoms with Crippen LogP contribution in [0.25, 0.3) is 11.0 Å². The van der Waals surface area contributed by atoms with Crippen LogP contribution in [0.1, 0.15) is 42.3 Å². The third-order valence-electron chi connectivity index (χ3n) is 5.36. The van der Waals surface area contributed by atoms with Gasteiger partial charge in [-0.25, -0.2) is 0 Å². The molecule has 4 rings (SSSR count). The molecular weight excluding hydrogens is 288 g/mol. The minimum atomic E-state index is 0.145. The molecule has 1 amide bonds. The molecule has 1 atom stereocenters.